The molecular weight excluding hydrogens is 396 g/mol. The van der Waals surface area contributed by atoms with Gasteiger partial charge in [-0.15, -0.1) is 0 Å². The highest BCUT2D eigenvalue weighted by Crippen LogP contribution is 2.28. The predicted molar refractivity (Wildman–Crippen MR) is 120 cm³/mol. The van der Waals surface area contributed by atoms with E-state index in [1.165, 1.54) is 0 Å². The van der Waals surface area contributed by atoms with Crippen LogP contribution in [0.5, 0.6) is 17.2 Å². The third kappa shape index (κ3) is 5.54. The number of methoxy groups -OCH3 is 2. The van der Waals surface area contributed by atoms with Gasteiger partial charge in [0.25, 0.3) is 11.8 Å². The monoisotopic (exact) mass is 420 g/mol. The van der Waals surface area contributed by atoms with Crippen LogP contribution >= 0.6 is 0 Å². The van der Waals surface area contributed by atoms with Crippen LogP contribution in [-0.4, -0.2) is 32.6 Å². The Balaban J connectivity index is 1.65. The van der Waals surface area contributed by atoms with Crippen molar-refractivity contribution in [1.29, 1.82) is 0 Å². The maximum atomic E-state index is 12.6. The Bertz CT molecular complexity index is 1050. The van der Waals surface area contributed by atoms with Gasteiger partial charge >= 0.3 is 0 Å². The lowest BCUT2D eigenvalue weighted by Gasteiger charge is -2.11. The van der Waals surface area contributed by atoms with Crippen molar-refractivity contribution in [3.63, 3.8) is 0 Å². The first-order valence-corrected chi connectivity index (χ1v) is 9.71. The molecule has 0 saturated carbocycles. The van der Waals surface area contributed by atoms with Crippen LogP contribution in [0, 0.1) is 0 Å². The largest absolute Gasteiger partial charge is 0.497 e. The smallest absolute Gasteiger partial charge is 0.255 e. The lowest BCUT2D eigenvalue weighted by molar-refractivity contribution is 0.101. The third-order valence-corrected chi connectivity index (χ3v) is 4.48. The minimum Gasteiger partial charge on any atom is -0.497 e. The molecule has 0 aliphatic carbocycles. The zero-order chi connectivity index (χ0) is 22.2. The second-order valence-corrected chi connectivity index (χ2v) is 6.51. The van der Waals surface area contributed by atoms with Crippen LogP contribution in [0.4, 0.5) is 11.4 Å². The van der Waals surface area contributed by atoms with Gasteiger partial charge in [-0.3, -0.25) is 9.59 Å². The van der Waals surface area contributed by atoms with E-state index in [4.69, 9.17) is 14.2 Å². The number of hydrogen-bond acceptors (Lipinski definition) is 5. The summed E-state index contributed by atoms with van der Waals surface area (Å²) in [5.74, 6) is 1.23. The normalized spacial score (nSPS) is 10.2. The van der Waals surface area contributed by atoms with E-state index in [9.17, 15) is 9.59 Å². The van der Waals surface area contributed by atoms with Crippen molar-refractivity contribution in [2.75, 3.05) is 31.5 Å². The lowest BCUT2D eigenvalue weighted by atomic mass is 10.1. The summed E-state index contributed by atoms with van der Waals surface area (Å²) < 4.78 is 15.9. The molecule has 3 aromatic rings. The molecule has 3 aromatic carbocycles. The Morgan fingerprint density at radius 1 is 0.710 bits per heavy atom. The highest BCUT2D eigenvalue weighted by Gasteiger charge is 2.12. The van der Waals surface area contributed by atoms with Crippen LogP contribution in [-0.2, 0) is 0 Å². The zero-order valence-corrected chi connectivity index (χ0v) is 17.6. The SMILES string of the molecule is CCOc1cc(C(=O)Nc2ccc(C(=O)Nc3ccc(OC)cc3)cc2)ccc1OC. The van der Waals surface area contributed by atoms with Gasteiger partial charge in [-0.2, -0.15) is 0 Å². The fourth-order valence-corrected chi connectivity index (χ4v) is 2.87. The summed E-state index contributed by atoms with van der Waals surface area (Å²) in [6.07, 6.45) is 0. The van der Waals surface area contributed by atoms with Crippen molar-refractivity contribution in [2.45, 2.75) is 6.92 Å². The van der Waals surface area contributed by atoms with E-state index in [1.54, 1.807) is 80.9 Å². The Morgan fingerprint density at radius 2 is 1.26 bits per heavy atom. The summed E-state index contributed by atoms with van der Waals surface area (Å²) in [4.78, 5) is 25.0. The molecule has 2 amide bonds. The average molecular weight is 420 g/mol. The molecule has 0 aliphatic rings. The fourth-order valence-electron chi connectivity index (χ4n) is 2.87. The number of hydrogen-bond donors (Lipinski definition) is 2. The Hall–Kier alpha value is -4.00. The molecule has 0 unspecified atom stereocenters. The number of carbonyl (C=O) groups excluding carboxylic acids is 2. The van der Waals surface area contributed by atoms with Gasteiger partial charge in [0.2, 0.25) is 0 Å². The summed E-state index contributed by atoms with van der Waals surface area (Å²) in [7, 11) is 3.13. The van der Waals surface area contributed by atoms with E-state index in [1.807, 2.05) is 6.92 Å². The predicted octanol–water partition coefficient (Wildman–Crippen LogP) is 4.61. The van der Waals surface area contributed by atoms with Crippen LogP contribution in [0.1, 0.15) is 27.6 Å². The molecule has 31 heavy (non-hydrogen) atoms. The molecule has 3 rings (SSSR count). The molecule has 0 bridgehead atoms. The van der Waals surface area contributed by atoms with Gasteiger partial charge in [0.05, 0.1) is 20.8 Å². The summed E-state index contributed by atoms with van der Waals surface area (Å²) in [6, 6.07) is 18.7. The highest BCUT2D eigenvalue weighted by atomic mass is 16.5. The molecule has 2 N–H and O–H groups in total. The number of amides is 2. The third-order valence-electron chi connectivity index (χ3n) is 4.48. The van der Waals surface area contributed by atoms with E-state index in [0.29, 0.717) is 46.4 Å². The summed E-state index contributed by atoms with van der Waals surface area (Å²) in [6.45, 7) is 2.32. The zero-order valence-electron chi connectivity index (χ0n) is 17.6. The van der Waals surface area contributed by atoms with Gasteiger partial charge in [-0.25, -0.2) is 0 Å². The summed E-state index contributed by atoms with van der Waals surface area (Å²) >= 11 is 0. The van der Waals surface area contributed by atoms with E-state index in [2.05, 4.69) is 10.6 Å². The van der Waals surface area contributed by atoms with E-state index >= 15 is 0 Å². The first-order valence-electron chi connectivity index (χ1n) is 9.71. The molecule has 0 aliphatic heterocycles. The van der Waals surface area contributed by atoms with Gasteiger partial charge in [-0.05, 0) is 73.7 Å². The number of nitrogens with one attached hydrogen (secondary N) is 2. The Morgan fingerprint density at radius 3 is 1.81 bits per heavy atom. The van der Waals surface area contributed by atoms with E-state index < -0.39 is 0 Å². The van der Waals surface area contributed by atoms with Gasteiger partial charge in [0.1, 0.15) is 5.75 Å². The van der Waals surface area contributed by atoms with Crippen LogP contribution in [0.25, 0.3) is 0 Å². The Labute approximate surface area is 180 Å². The average Bonchev–Trinajstić information content (AvgIpc) is 2.80. The second kappa shape index (κ2) is 10.2. The van der Waals surface area contributed by atoms with Gasteiger partial charge in [0, 0.05) is 22.5 Å². The molecule has 0 fully saturated rings. The van der Waals surface area contributed by atoms with Crippen LogP contribution < -0.4 is 24.8 Å². The summed E-state index contributed by atoms with van der Waals surface area (Å²) in [5.41, 5.74) is 2.13. The maximum absolute atomic E-state index is 12.6. The fraction of sp³-hybridized carbons (Fsp3) is 0.167. The highest BCUT2D eigenvalue weighted by molar-refractivity contribution is 6.06. The molecule has 0 radical (unpaired) electrons. The van der Waals surface area contributed by atoms with Crippen molar-refractivity contribution in [3.8, 4) is 17.2 Å². The van der Waals surface area contributed by atoms with Crippen molar-refractivity contribution in [2.24, 2.45) is 0 Å². The molecular formula is C24H24N2O5. The molecule has 0 spiro atoms. The molecule has 7 heteroatoms. The quantitative estimate of drug-likeness (QED) is 0.556. The van der Waals surface area contributed by atoms with Crippen molar-refractivity contribution in [1.82, 2.24) is 0 Å². The van der Waals surface area contributed by atoms with Gasteiger partial charge < -0.3 is 24.8 Å². The second-order valence-electron chi connectivity index (χ2n) is 6.51. The first kappa shape index (κ1) is 21.7. The van der Waals surface area contributed by atoms with Crippen molar-refractivity contribution in [3.05, 3.63) is 77.9 Å². The van der Waals surface area contributed by atoms with Crippen LogP contribution in [0.2, 0.25) is 0 Å². The summed E-state index contributed by atoms with van der Waals surface area (Å²) in [5, 5.41) is 5.63. The van der Waals surface area contributed by atoms with E-state index in [-0.39, 0.29) is 11.8 Å². The number of rotatable bonds is 8. The number of carbonyl (C=O) groups is 2. The maximum Gasteiger partial charge on any atom is 0.255 e. The van der Waals surface area contributed by atoms with E-state index in [0.717, 1.165) is 0 Å². The minimum absolute atomic E-state index is 0.250. The molecule has 7 nitrogen and oxygen atoms in total. The number of benzene rings is 3. The minimum atomic E-state index is -0.293. The molecule has 0 atom stereocenters. The first-order chi connectivity index (χ1) is 15.0. The van der Waals surface area contributed by atoms with Gasteiger partial charge in [-0.1, -0.05) is 0 Å². The number of anilines is 2. The standard InChI is InChI=1S/C24H24N2O5/c1-4-31-22-15-17(7-14-21(22)30-3)24(28)26-18-8-5-16(6-9-18)23(27)25-19-10-12-20(29-2)13-11-19/h5-15H,4H2,1-3H3,(H,25,27)(H,26,28). The molecule has 0 aromatic heterocycles. The van der Waals surface area contributed by atoms with Crippen LogP contribution in [0.3, 0.4) is 0 Å². The Kier molecular flexibility index (Phi) is 7.11. The lowest BCUT2D eigenvalue weighted by Crippen LogP contribution is -2.14. The number of ether oxygens (including phenoxy) is 3. The molecule has 160 valence electrons. The van der Waals surface area contributed by atoms with Crippen molar-refractivity contribution >= 4 is 23.2 Å². The van der Waals surface area contributed by atoms with Gasteiger partial charge in [0.15, 0.2) is 11.5 Å². The topological polar surface area (TPSA) is 85.9 Å². The van der Waals surface area contributed by atoms with Crippen LogP contribution in [0.15, 0.2) is 66.7 Å². The molecule has 0 heterocycles. The van der Waals surface area contributed by atoms with Crippen molar-refractivity contribution < 1.29 is 23.8 Å². The molecule has 0 saturated heterocycles.